The first-order chi connectivity index (χ1) is 12.7. The minimum Gasteiger partial charge on any atom is -0.377 e. The Balaban J connectivity index is 2.11. The van der Waals surface area contributed by atoms with Gasteiger partial charge in [-0.25, -0.2) is 5.43 Å². The molecule has 0 spiro atoms. The van der Waals surface area contributed by atoms with Crippen molar-refractivity contribution in [1.82, 2.24) is 10.7 Å². The number of amides is 2. The second-order valence-electron chi connectivity index (χ2n) is 5.32. The maximum absolute atomic E-state index is 12.3. The molecule has 0 saturated heterocycles. The van der Waals surface area contributed by atoms with Gasteiger partial charge in [0.25, 0.3) is 0 Å². The van der Waals surface area contributed by atoms with Crippen LogP contribution in [0.5, 0.6) is 5.75 Å². The van der Waals surface area contributed by atoms with E-state index < -0.39 is 21.9 Å². The standard InChI is InChI=1S/C17H16ClN3O5S/c1-11-3-6-13(7-4-11)27(24,25)26-15-8-5-12(9-14(15)18)10-20-21-17(23)16(22)19-2/h3-10H,1-2H3,(H,19,22)(H,21,23)/b20-10-. The van der Waals surface area contributed by atoms with Crippen molar-refractivity contribution in [3.05, 3.63) is 58.6 Å². The third kappa shape index (κ3) is 5.53. The molecule has 0 heterocycles. The lowest BCUT2D eigenvalue weighted by Crippen LogP contribution is -2.35. The summed E-state index contributed by atoms with van der Waals surface area (Å²) < 4.78 is 29.7. The van der Waals surface area contributed by atoms with E-state index >= 15 is 0 Å². The van der Waals surface area contributed by atoms with Gasteiger partial charge in [0.1, 0.15) is 4.90 Å². The Morgan fingerprint density at radius 1 is 1.11 bits per heavy atom. The van der Waals surface area contributed by atoms with E-state index in [1.165, 1.54) is 43.6 Å². The summed E-state index contributed by atoms with van der Waals surface area (Å²) in [5, 5.41) is 5.79. The lowest BCUT2D eigenvalue weighted by Gasteiger charge is -2.09. The van der Waals surface area contributed by atoms with Crippen molar-refractivity contribution in [3.8, 4) is 5.75 Å². The number of nitrogens with one attached hydrogen (secondary N) is 2. The summed E-state index contributed by atoms with van der Waals surface area (Å²) in [5.74, 6) is -1.82. The van der Waals surface area contributed by atoms with Crippen molar-refractivity contribution in [2.45, 2.75) is 11.8 Å². The van der Waals surface area contributed by atoms with E-state index in [9.17, 15) is 18.0 Å². The fourth-order valence-electron chi connectivity index (χ4n) is 1.87. The summed E-state index contributed by atoms with van der Waals surface area (Å²) >= 11 is 6.06. The number of hydrazone groups is 1. The highest BCUT2D eigenvalue weighted by atomic mass is 35.5. The Bertz CT molecular complexity index is 988. The first-order valence-electron chi connectivity index (χ1n) is 7.59. The van der Waals surface area contributed by atoms with Crippen LogP contribution in [0.3, 0.4) is 0 Å². The van der Waals surface area contributed by atoms with Crippen LogP contribution in [0.1, 0.15) is 11.1 Å². The molecule has 2 aromatic rings. The van der Waals surface area contributed by atoms with Gasteiger partial charge in [0.2, 0.25) is 0 Å². The fraction of sp³-hybridized carbons (Fsp3) is 0.118. The monoisotopic (exact) mass is 409 g/mol. The number of carbonyl (C=O) groups excluding carboxylic acids is 2. The van der Waals surface area contributed by atoms with Crippen LogP contribution in [-0.4, -0.2) is 33.5 Å². The molecule has 0 aromatic heterocycles. The van der Waals surface area contributed by atoms with Gasteiger partial charge in [-0.15, -0.1) is 0 Å². The summed E-state index contributed by atoms with van der Waals surface area (Å²) in [7, 11) is -2.71. The molecule has 2 amide bonds. The van der Waals surface area contributed by atoms with Crippen molar-refractivity contribution >= 4 is 39.7 Å². The molecule has 0 aliphatic rings. The highest BCUT2D eigenvalue weighted by Gasteiger charge is 2.18. The minimum atomic E-state index is -4.03. The van der Waals surface area contributed by atoms with Gasteiger partial charge in [-0.1, -0.05) is 29.3 Å². The predicted octanol–water partition coefficient (Wildman–Crippen LogP) is 1.61. The van der Waals surface area contributed by atoms with Gasteiger partial charge in [-0.05, 0) is 42.8 Å². The largest absolute Gasteiger partial charge is 0.377 e. The van der Waals surface area contributed by atoms with E-state index in [0.717, 1.165) is 5.56 Å². The van der Waals surface area contributed by atoms with Crippen LogP contribution in [0.15, 0.2) is 52.5 Å². The summed E-state index contributed by atoms with van der Waals surface area (Å²) in [6.07, 6.45) is 1.24. The molecule has 0 saturated carbocycles. The van der Waals surface area contributed by atoms with Crippen molar-refractivity contribution < 1.29 is 22.2 Å². The summed E-state index contributed by atoms with van der Waals surface area (Å²) in [6.45, 7) is 1.84. The molecular weight excluding hydrogens is 394 g/mol. The number of halogens is 1. The normalized spacial score (nSPS) is 11.2. The van der Waals surface area contributed by atoms with Crippen LogP contribution >= 0.6 is 11.6 Å². The van der Waals surface area contributed by atoms with E-state index in [2.05, 4.69) is 10.4 Å². The number of carbonyl (C=O) groups is 2. The van der Waals surface area contributed by atoms with Crippen molar-refractivity contribution in [1.29, 1.82) is 0 Å². The lowest BCUT2D eigenvalue weighted by atomic mass is 10.2. The van der Waals surface area contributed by atoms with Crippen LogP contribution in [0.25, 0.3) is 0 Å². The molecule has 0 unspecified atom stereocenters. The molecule has 0 radical (unpaired) electrons. The molecule has 2 N–H and O–H groups in total. The number of hydrogen-bond donors (Lipinski definition) is 2. The van der Waals surface area contributed by atoms with Crippen LogP contribution in [0, 0.1) is 6.92 Å². The maximum Gasteiger partial charge on any atom is 0.339 e. The Hall–Kier alpha value is -2.91. The highest BCUT2D eigenvalue weighted by molar-refractivity contribution is 7.87. The van der Waals surface area contributed by atoms with E-state index in [0.29, 0.717) is 5.56 Å². The number of rotatable bonds is 5. The van der Waals surface area contributed by atoms with Gasteiger partial charge < -0.3 is 9.50 Å². The third-order valence-corrected chi connectivity index (χ3v) is 4.82. The van der Waals surface area contributed by atoms with E-state index in [4.69, 9.17) is 15.8 Å². The molecule has 142 valence electrons. The van der Waals surface area contributed by atoms with Crippen molar-refractivity contribution in [2.24, 2.45) is 5.10 Å². The van der Waals surface area contributed by atoms with Crippen LogP contribution in [0.4, 0.5) is 0 Å². The van der Waals surface area contributed by atoms with Gasteiger partial charge in [0, 0.05) is 7.05 Å². The number of hydrogen-bond acceptors (Lipinski definition) is 6. The minimum absolute atomic E-state index is 0.00622. The van der Waals surface area contributed by atoms with Gasteiger partial charge in [0.15, 0.2) is 5.75 Å². The molecule has 2 aromatic carbocycles. The molecule has 8 nitrogen and oxygen atoms in total. The number of likely N-dealkylation sites (N-methyl/N-ethyl adjacent to an activating group) is 1. The van der Waals surface area contributed by atoms with Crippen molar-refractivity contribution in [2.75, 3.05) is 7.05 Å². The van der Waals surface area contributed by atoms with Gasteiger partial charge in [-0.2, -0.15) is 13.5 Å². The second-order valence-corrected chi connectivity index (χ2v) is 7.27. The molecule has 0 aliphatic heterocycles. The molecule has 2 rings (SSSR count). The Kier molecular flexibility index (Phi) is 6.54. The van der Waals surface area contributed by atoms with E-state index in [1.807, 2.05) is 12.3 Å². The number of benzene rings is 2. The molecular formula is C17H16ClN3O5S. The van der Waals surface area contributed by atoms with Crippen LogP contribution in [-0.2, 0) is 19.7 Å². The van der Waals surface area contributed by atoms with E-state index in [1.54, 1.807) is 12.1 Å². The SMILES string of the molecule is CNC(=O)C(=O)N/N=C\c1ccc(OS(=O)(=O)c2ccc(C)cc2)c(Cl)c1. The predicted molar refractivity (Wildman–Crippen MR) is 100 cm³/mol. The fourth-order valence-corrected chi connectivity index (χ4v) is 3.09. The van der Waals surface area contributed by atoms with Crippen LogP contribution < -0.4 is 14.9 Å². The Morgan fingerprint density at radius 3 is 2.37 bits per heavy atom. The summed E-state index contributed by atoms with van der Waals surface area (Å²) in [4.78, 5) is 22.3. The van der Waals surface area contributed by atoms with Gasteiger partial charge >= 0.3 is 21.9 Å². The second kappa shape index (κ2) is 8.65. The van der Waals surface area contributed by atoms with Gasteiger partial charge in [0.05, 0.1) is 11.2 Å². The highest BCUT2D eigenvalue weighted by Crippen LogP contribution is 2.28. The number of aryl methyl sites for hydroxylation is 1. The average Bonchev–Trinajstić information content (AvgIpc) is 2.63. The first kappa shape index (κ1) is 20.4. The number of nitrogens with zero attached hydrogens (tertiary/aromatic N) is 1. The summed E-state index contributed by atoms with van der Waals surface area (Å²) in [5.41, 5.74) is 3.40. The third-order valence-electron chi connectivity index (χ3n) is 3.28. The smallest absolute Gasteiger partial charge is 0.339 e. The molecule has 0 atom stereocenters. The lowest BCUT2D eigenvalue weighted by molar-refractivity contribution is -0.138. The zero-order valence-corrected chi connectivity index (χ0v) is 16.0. The maximum atomic E-state index is 12.3. The Morgan fingerprint density at radius 2 is 1.78 bits per heavy atom. The molecule has 27 heavy (non-hydrogen) atoms. The first-order valence-corrected chi connectivity index (χ1v) is 9.37. The Labute approximate surface area is 161 Å². The van der Waals surface area contributed by atoms with Crippen molar-refractivity contribution in [3.63, 3.8) is 0 Å². The summed E-state index contributed by atoms with van der Waals surface area (Å²) in [6, 6.07) is 10.4. The molecule has 0 aliphatic carbocycles. The molecule has 0 bridgehead atoms. The topological polar surface area (TPSA) is 114 Å². The quantitative estimate of drug-likeness (QED) is 0.337. The zero-order chi connectivity index (χ0) is 20.0. The average molecular weight is 410 g/mol. The molecule has 0 fully saturated rings. The molecule has 10 heteroatoms. The van der Waals surface area contributed by atoms with Crippen LogP contribution in [0.2, 0.25) is 5.02 Å². The van der Waals surface area contributed by atoms with Gasteiger partial charge in [-0.3, -0.25) is 9.59 Å². The zero-order valence-electron chi connectivity index (χ0n) is 14.4. The van der Waals surface area contributed by atoms with E-state index in [-0.39, 0.29) is 15.7 Å².